The van der Waals surface area contributed by atoms with Crippen LogP contribution in [0.5, 0.6) is 0 Å². The highest BCUT2D eigenvalue weighted by molar-refractivity contribution is 6.15. The molecule has 2 aliphatic rings. The number of hydrogen-bond donors (Lipinski definition) is 1. The minimum Gasteiger partial charge on any atom is -0.349 e. The Morgan fingerprint density at radius 3 is 2.93 bits per heavy atom. The number of carbonyl (C=O) groups is 1. The van der Waals surface area contributed by atoms with Crippen LogP contribution in [0.4, 0.5) is 0 Å². The quantitative estimate of drug-likeness (QED) is 0.751. The van der Waals surface area contributed by atoms with E-state index in [1.54, 1.807) is 6.20 Å². The summed E-state index contributed by atoms with van der Waals surface area (Å²) in [5, 5.41) is 3.18. The van der Waals surface area contributed by atoms with E-state index in [2.05, 4.69) is 33.5 Å². The molecule has 1 amide bonds. The summed E-state index contributed by atoms with van der Waals surface area (Å²) in [7, 11) is 0. The van der Waals surface area contributed by atoms with Crippen molar-refractivity contribution >= 4 is 11.6 Å². The fourth-order valence-corrected chi connectivity index (χ4v) is 4.29. The highest BCUT2D eigenvalue weighted by Gasteiger charge is 2.24. The number of hydrogen-bond acceptors (Lipinski definition) is 4. The van der Waals surface area contributed by atoms with Gasteiger partial charge in [-0.1, -0.05) is 24.3 Å². The molecule has 0 saturated carbocycles. The molecular formula is C24H22N4O. The molecule has 1 N–H and O–H groups in total. The van der Waals surface area contributed by atoms with Gasteiger partial charge in [0.1, 0.15) is 0 Å². The Labute approximate surface area is 169 Å². The van der Waals surface area contributed by atoms with Gasteiger partial charge >= 0.3 is 0 Å². The van der Waals surface area contributed by atoms with Crippen molar-refractivity contribution in [2.45, 2.75) is 38.8 Å². The third-order valence-electron chi connectivity index (χ3n) is 5.69. The summed E-state index contributed by atoms with van der Waals surface area (Å²) >= 11 is 0. The van der Waals surface area contributed by atoms with Gasteiger partial charge in [0.25, 0.3) is 0 Å². The number of amides is 1. The summed E-state index contributed by atoms with van der Waals surface area (Å²) in [6.07, 6.45) is 5.93. The van der Waals surface area contributed by atoms with Crippen LogP contribution in [0.15, 0.2) is 59.9 Å². The second-order valence-electron chi connectivity index (χ2n) is 7.72. The fourth-order valence-electron chi connectivity index (χ4n) is 4.29. The second kappa shape index (κ2) is 7.24. The highest BCUT2D eigenvalue weighted by atomic mass is 16.1. The average Bonchev–Trinajstić information content (AvgIpc) is 3.32. The van der Waals surface area contributed by atoms with Gasteiger partial charge in [0.15, 0.2) is 0 Å². The molecule has 1 aliphatic heterocycles. The van der Waals surface area contributed by atoms with Crippen molar-refractivity contribution in [2.24, 2.45) is 4.99 Å². The predicted octanol–water partition coefficient (Wildman–Crippen LogP) is 3.48. The van der Waals surface area contributed by atoms with E-state index >= 15 is 0 Å². The molecule has 0 radical (unpaired) electrons. The first-order valence-electron chi connectivity index (χ1n) is 10.0. The summed E-state index contributed by atoms with van der Waals surface area (Å²) in [5.74, 6) is 0.0167. The Balaban J connectivity index is 1.29. The van der Waals surface area contributed by atoms with Crippen molar-refractivity contribution < 1.29 is 4.79 Å². The zero-order chi connectivity index (χ0) is 19.8. The molecule has 1 unspecified atom stereocenters. The molecule has 144 valence electrons. The lowest BCUT2D eigenvalue weighted by Gasteiger charge is -2.14. The highest BCUT2D eigenvalue weighted by Crippen LogP contribution is 2.30. The van der Waals surface area contributed by atoms with Gasteiger partial charge in [-0.15, -0.1) is 0 Å². The smallest absolute Gasteiger partial charge is 0.226 e. The zero-order valence-electron chi connectivity index (χ0n) is 16.4. The van der Waals surface area contributed by atoms with Gasteiger partial charge < -0.3 is 5.32 Å². The summed E-state index contributed by atoms with van der Waals surface area (Å²) in [5.41, 5.74) is 8.52. The summed E-state index contributed by atoms with van der Waals surface area (Å²) < 4.78 is 0. The maximum absolute atomic E-state index is 12.6. The molecule has 0 fully saturated rings. The van der Waals surface area contributed by atoms with Crippen LogP contribution < -0.4 is 5.32 Å². The van der Waals surface area contributed by atoms with Crippen molar-refractivity contribution in [2.75, 3.05) is 0 Å². The Morgan fingerprint density at radius 2 is 2.03 bits per heavy atom. The van der Waals surface area contributed by atoms with E-state index in [-0.39, 0.29) is 18.4 Å². The molecule has 5 rings (SSSR count). The van der Waals surface area contributed by atoms with Crippen molar-refractivity contribution in [1.82, 2.24) is 15.3 Å². The topological polar surface area (TPSA) is 67.2 Å². The molecule has 5 nitrogen and oxygen atoms in total. The molecule has 0 bridgehead atoms. The van der Waals surface area contributed by atoms with Crippen LogP contribution in [0.3, 0.4) is 0 Å². The summed E-state index contributed by atoms with van der Waals surface area (Å²) in [4.78, 5) is 26.1. The van der Waals surface area contributed by atoms with Gasteiger partial charge in [-0.3, -0.25) is 19.8 Å². The van der Waals surface area contributed by atoms with Gasteiger partial charge in [-0.05, 0) is 54.7 Å². The Hall–Kier alpha value is -3.34. The Kier molecular flexibility index (Phi) is 4.43. The van der Waals surface area contributed by atoms with E-state index in [1.165, 1.54) is 11.1 Å². The summed E-state index contributed by atoms with van der Waals surface area (Å²) in [6.45, 7) is 2.60. The van der Waals surface area contributed by atoms with Crippen LogP contribution >= 0.6 is 0 Å². The number of nitrogens with zero attached hydrogens (tertiary/aromatic N) is 3. The maximum atomic E-state index is 12.6. The van der Waals surface area contributed by atoms with Crippen LogP contribution in [0.2, 0.25) is 0 Å². The molecule has 1 aliphatic carbocycles. The van der Waals surface area contributed by atoms with Crippen molar-refractivity contribution in [3.63, 3.8) is 0 Å². The van der Waals surface area contributed by atoms with E-state index in [0.717, 1.165) is 46.6 Å². The van der Waals surface area contributed by atoms with Crippen molar-refractivity contribution in [3.8, 4) is 0 Å². The third kappa shape index (κ3) is 3.44. The first-order chi connectivity index (χ1) is 14.2. The van der Waals surface area contributed by atoms with Gasteiger partial charge in [0.2, 0.25) is 5.91 Å². The molecule has 29 heavy (non-hydrogen) atoms. The number of rotatable bonds is 4. The molecule has 5 heteroatoms. The third-order valence-corrected chi connectivity index (χ3v) is 5.69. The normalized spacial score (nSPS) is 16.9. The summed E-state index contributed by atoms with van der Waals surface area (Å²) in [6, 6.07) is 14.5. The van der Waals surface area contributed by atoms with E-state index in [9.17, 15) is 4.79 Å². The van der Waals surface area contributed by atoms with Crippen LogP contribution in [0.1, 0.15) is 51.7 Å². The van der Waals surface area contributed by atoms with Crippen LogP contribution in [0.25, 0.3) is 0 Å². The SMILES string of the molecule is Cc1cc(C2=NCc3cc(CC(=O)NC4CCc5ccccc54)ncc32)ccn1. The van der Waals surface area contributed by atoms with Crippen LogP contribution in [0, 0.1) is 6.92 Å². The van der Waals surface area contributed by atoms with Gasteiger partial charge in [0, 0.05) is 29.2 Å². The molecule has 0 spiro atoms. The van der Waals surface area contributed by atoms with E-state index in [1.807, 2.05) is 37.4 Å². The lowest BCUT2D eigenvalue weighted by atomic mass is 10.0. The van der Waals surface area contributed by atoms with Gasteiger partial charge in [-0.25, -0.2) is 0 Å². The van der Waals surface area contributed by atoms with Crippen LogP contribution in [-0.4, -0.2) is 21.6 Å². The van der Waals surface area contributed by atoms with Crippen LogP contribution in [-0.2, 0) is 24.2 Å². The zero-order valence-corrected chi connectivity index (χ0v) is 16.4. The van der Waals surface area contributed by atoms with E-state index in [0.29, 0.717) is 6.54 Å². The minimum atomic E-state index is 0.0167. The number of aliphatic imine (C=N–C) groups is 1. The number of carbonyl (C=O) groups excluding carboxylic acids is 1. The van der Waals surface area contributed by atoms with Gasteiger partial charge in [0.05, 0.1) is 30.4 Å². The lowest BCUT2D eigenvalue weighted by Crippen LogP contribution is -2.28. The number of nitrogens with one attached hydrogen (secondary N) is 1. The molecule has 2 aromatic heterocycles. The lowest BCUT2D eigenvalue weighted by molar-refractivity contribution is -0.121. The Bertz CT molecular complexity index is 1140. The molecule has 3 heterocycles. The largest absolute Gasteiger partial charge is 0.349 e. The van der Waals surface area contributed by atoms with Gasteiger partial charge in [-0.2, -0.15) is 0 Å². The number of pyridine rings is 2. The number of aryl methyl sites for hydroxylation is 2. The maximum Gasteiger partial charge on any atom is 0.226 e. The minimum absolute atomic E-state index is 0.0167. The van der Waals surface area contributed by atoms with E-state index in [4.69, 9.17) is 4.99 Å². The molecule has 1 aromatic carbocycles. The molecule has 1 atom stereocenters. The number of benzene rings is 1. The molecular weight excluding hydrogens is 360 g/mol. The monoisotopic (exact) mass is 382 g/mol. The fraction of sp³-hybridized carbons (Fsp3) is 0.250. The molecule has 0 saturated heterocycles. The number of fused-ring (bicyclic) bond motifs is 2. The first kappa shape index (κ1) is 17.7. The van der Waals surface area contributed by atoms with Crippen molar-refractivity contribution in [3.05, 3.63) is 94.1 Å². The first-order valence-corrected chi connectivity index (χ1v) is 10.0. The Morgan fingerprint density at radius 1 is 1.14 bits per heavy atom. The average molecular weight is 382 g/mol. The van der Waals surface area contributed by atoms with Crippen molar-refractivity contribution in [1.29, 1.82) is 0 Å². The van der Waals surface area contributed by atoms with E-state index < -0.39 is 0 Å². The predicted molar refractivity (Wildman–Crippen MR) is 112 cm³/mol. The standard InChI is InChI=1S/C24H22N4O/c1-15-10-17(8-9-25-15)24-21-14-26-19(11-18(21)13-27-24)12-23(29)28-22-7-6-16-4-2-3-5-20(16)22/h2-5,8-11,14,22H,6-7,12-13H2,1H3,(H,28,29). The molecule has 3 aromatic rings. The number of aromatic nitrogens is 2. The second-order valence-corrected chi connectivity index (χ2v) is 7.72.